The van der Waals surface area contributed by atoms with Crippen molar-refractivity contribution >= 4 is 33.4 Å². The summed E-state index contributed by atoms with van der Waals surface area (Å²) < 4.78 is 30.5. The highest BCUT2D eigenvalue weighted by molar-refractivity contribution is 7.91. The van der Waals surface area contributed by atoms with Crippen LogP contribution in [0.5, 0.6) is 0 Å². The fraction of sp³-hybridized carbons (Fsp3) is 1.00. The van der Waals surface area contributed by atoms with Crippen molar-refractivity contribution in [1.82, 2.24) is 3.94 Å². The SMILES string of the molecule is CC(C)(CCS(=O)(=O)CC1OC(CO)C(O)C(O)C1O)N(Cl)Cl. The van der Waals surface area contributed by atoms with Crippen LogP contribution in [0.25, 0.3) is 0 Å². The zero-order chi connectivity index (χ0) is 18.0. The molecule has 0 amide bonds. The fourth-order valence-electron chi connectivity index (χ4n) is 2.14. The molecule has 1 aliphatic heterocycles. The molecular weight excluding hydrogens is 373 g/mol. The number of ether oxygens (including phenoxy) is 1. The summed E-state index contributed by atoms with van der Waals surface area (Å²) in [4.78, 5) is 0. The van der Waals surface area contributed by atoms with E-state index in [1.165, 1.54) is 0 Å². The molecule has 8 nitrogen and oxygen atoms in total. The van der Waals surface area contributed by atoms with E-state index in [0.29, 0.717) is 0 Å². The quantitative estimate of drug-likeness (QED) is 0.405. The van der Waals surface area contributed by atoms with Gasteiger partial charge in [-0.3, -0.25) is 0 Å². The first-order valence-corrected chi connectivity index (χ1v) is 9.54. The van der Waals surface area contributed by atoms with Crippen molar-refractivity contribution in [2.24, 2.45) is 0 Å². The molecule has 138 valence electrons. The van der Waals surface area contributed by atoms with E-state index in [9.17, 15) is 23.7 Å². The van der Waals surface area contributed by atoms with E-state index in [2.05, 4.69) is 0 Å². The van der Waals surface area contributed by atoms with Crippen LogP contribution in [0.2, 0.25) is 0 Å². The Kier molecular flexibility index (Phi) is 7.52. The molecule has 11 heteroatoms. The smallest absolute Gasteiger partial charge is 0.153 e. The Hall–Kier alpha value is 0.290. The lowest BCUT2D eigenvalue weighted by Crippen LogP contribution is -2.60. The Labute approximate surface area is 145 Å². The third kappa shape index (κ3) is 5.65. The molecule has 0 spiro atoms. The molecule has 0 aromatic carbocycles. The van der Waals surface area contributed by atoms with Gasteiger partial charge in [0.15, 0.2) is 9.84 Å². The predicted molar refractivity (Wildman–Crippen MR) is 84.7 cm³/mol. The summed E-state index contributed by atoms with van der Waals surface area (Å²) in [6, 6.07) is 0. The van der Waals surface area contributed by atoms with Crippen LogP contribution in [0.4, 0.5) is 0 Å². The molecule has 1 saturated heterocycles. The van der Waals surface area contributed by atoms with E-state index >= 15 is 0 Å². The van der Waals surface area contributed by atoms with E-state index in [1.54, 1.807) is 13.8 Å². The lowest BCUT2D eigenvalue weighted by Gasteiger charge is -2.40. The Bertz CT molecular complexity index is 486. The lowest BCUT2D eigenvalue weighted by molar-refractivity contribution is -0.223. The molecule has 5 unspecified atom stereocenters. The van der Waals surface area contributed by atoms with Crippen molar-refractivity contribution < 1.29 is 33.6 Å². The van der Waals surface area contributed by atoms with Crippen molar-refractivity contribution in [2.75, 3.05) is 18.1 Å². The third-order valence-corrected chi connectivity index (χ3v) is 6.47. The van der Waals surface area contributed by atoms with Gasteiger partial charge in [0, 0.05) is 5.54 Å². The molecule has 0 bridgehead atoms. The standard InChI is InChI=1S/C12H23Cl2NO7S/c1-12(2,15(13)14)3-4-23(20,21)6-8-10(18)11(19)9(17)7(5-16)22-8/h7-11,16-19H,3-6H2,1-2H3. The van der Waals surface area contributed by atoms with Crippen LogP contribution < -0.4 is 0 Å². The number of hydrogen-bond donors (Lipinski definition) is 4. The normalized spacial score (nSPS) is 33.2. The summed E-state index contributed by atoms with van der Waals surface area (Å²) in [5.41, 5.74) is -0.772. The second-order valence-corrected chi connectivity index (χ2v) is 9.35. The molecule has 0 saturated carbocycles. The highest BCUT2D eigenvalue weighted by Crippen LogP contribution is 2.26. The zero-order valence-electron chi connectivity index (χ0n) is 12.8. The van der Waals surface area contributed by atoms with Crippen LogP contribution >= 0.6 is 23.6 Å². The summed E-state index contributed by atoms with van der Waals surface area (Å²) in [5, 5.41) is 38.3. The molecule has 4 N–H and O–H groups in total. The summed E-state index contributed by atoms with van der Waals surface area (Å²) in [5.74, 6) is -0.819. The average molecular weight is 396 g/mol. The summed E-state index contributed by atoms with van der Waals surface area (Å²) in [6.07, 6.45) is -6.94. The van der Waals surface area contributed by atoms with E-state index in [0.717, 1.165) is 3.94 Å². The number of nitrogens with zero attached hydrogens (tertiary/aromatic N) is 1. The molecular formula is C12H23Cl2NO7S. The summed E-state index contributed by atoms with van der Waals surface area (Å²) in [7, 11) is -3.66. The van der Waals surface area contributed by atoms with E-state index in [4.69, 9.17) is 33.4 Å². The van der Waals surface area contributed by atoms with Crippen molar-refractivity contribution in [3.05, 3.63) is 0 Å². The summed E-state index contributed by atoms with van der Waals surface area (Å²) >= 11 is 11.3. The van der Waals surface area contributed by atoms with Gasteiger partial charge in [-0.15, -0.1) is 3.94 Å². The molecule has 1 aliphatic rings. The number of sulfone groups is 1. The van der Waals surface area contributed by atoms with Gasteiger partial charge in [0.2, 0.25) is 0 Å². The first-order valence-electron chi connectivity index (χ1n) is 7.04. The molecule has 1 fully saturated rings. The van der Waals surface area contributed by atoms with Gasteiger partial charge in [-0.2, -0.15) is 0 Å². The molecule has 5 atom stereocenters. The maximum Gasteiger partial charge on any atom is 0.153 e. The monoisotopic (exact) mass is 395 g/mol. The van der Waals surface area contributed by atoms with Crippen LogP contribution in [0, 0.1) is 0 Å². The third-order valence-electron chi connectivity index (χ3n) is 3.89. The minimum atomic E-state index is -3.66. The predicted octanol–water partition coefficient (Wildman–Crippen LogP) is -0.978. The van der Waals surface area contributed by atoms with Gasteiger partial charge < -0.3 is 25.2 Å². The van der Waals surface area contributed by atoms with Crippen molar-refractivity contribution in [3.63, 3.8) is 0 Å². The molecule has 1 heterocycles. The lowest BCUT2D eigenvalue weighted by atomic mass is 9.96. The minimum Gasteiger partial charge on any atom is -0.394 e. The first kappa shape index (κ1) is 21.3. The van der Waals surface area contributed by atoms with Crippen LogP contribution in [0.1, 0.15) is 20.3 Å². The highest BCUT2D eigenvalue weighted by atomic mass is 35.5. The van der Waals surface area contributed by atoms with Crippen LogP contribution in [0.15, 0.2) is 0 Å². The second-order valence-electron chi connectivity index (χ2n) is 6.28. The Balaban J connectivity index is 2.73. The van der Waals surface area contributed by atoms with Gasteiger partial charge in [-0.25, -0.2) is 8.42 Å². The Morgan fingerprint density at radius 2 is 1.61 bits per heavy atom. The van der Waals surface area contributed by atoms with Crippen molar-refractivity contribution in [2.45, 2.75) is 56.3 Å². The van der Waals surface area contributed by atoms with Gasteiger partial charge in [-0.1, -0.05) is 0 Å². The second kappa shape index (κ2) is 8.11. The minimum absolute atomic E-state index is 0.139. The number of aliphatic hydroxyl groups is 4. The maximum absolute atomic E-state index is 12.2. The first-order chi connectivity index (χ1) is 10.4. The molecule has 0 radical (unpaired) electrons. The number of hydrogen-bond acceptors (Lipinski definition) is 8. The fourth-order valence-corrected chi connectivity index (χ4v) is 4.06. The van der Waals surface area contributed by atoms with Crippen LogP contribution in [-0.2, 0) is 14.6 Å². The average Bonchev–Trinajstić information content (AvgIpc) is 2.46. The van der Waals surface area contributed by atoms with E-state index in [1.807, 2.05) is 0 Å². The largest absolute Gasteiger partial charge is 0.394 e. The molecule has 1 rings (SSSR count). The van der Waals surface area contributed by atoms with Gasteiger partial charge in [0.1, 0.15) is 30.5 Å². The van der Waals surface area contributed by atoms with Gasteiger partial charge in [0.05, 0.1) is 18.1 Å². The molecule has 0 aromatic rings. The maximum atomic E-state index is 12.2. The van der Waals surface area contributed by atoms with Gasteiger partial charge in [0.25, 0.3) is 0 Å². The summed E-state index contributed by atoms with van der Waals surface area (Å²) in [6.45, 7) is 2.72. The van der Waals surface area contributed by atoms with E-state index < -0.39 is 58.3 Å². The zero-order valence-corrected chi connectivity index (χ0v) is 15.2. The van der Waals surface area contributed by atoms with Crippen LogP contribution in [0.3, 0.4) is 0 Å². The van der Waals surface area contributed by atoms with Crippen molar-refractivity contribution in [3.8, 4) is 0 Å². The Morgan fingerprint density at radius 3 is 2.09 bits per heavy atom. The van der Waals surface area contributed by atoms with E-state index in [-0.39, 0.29) is 12.2 Å². The topological polar surface area (TPSA) is 128 Å². The number of halogens is 2. The van der Waals surface area contributed by atoms with Crippen molar-refractivity contribution in [1.29, 1.82) is 0 Å². The van der Waals surface area contributed by atoms with Crippen LogP contribution in [-0.4, -0.2) is 87.0 Å². The highest BCUT2D eigenvalue weighted by Gasteiger charge is 2.44. The van der Waals surface area contributed by atoms with Gasteiger partial charge in [-0.05, 0) is 43.8 Å². The Morgan fingerprint density at radius 1 is 1.09 bits per heavy atom. The van der Waals surface area contributed by atoms with Gasteiger partial charge >= 0.3 is 0 Å². The number of aliphatic hydroxyl groups excluding tert-OH is 4. The molecule has 0 aromatic heterocycles. The number of rotatable bonds is 7. The molecule has 0 aliphatic carbocycles. The molecule has 23 heavy (non-hydrogen) atoms.